The minimum absolute atomic E-state index is 0.0370. The van der Waals surface area contributed by atoms with Gasteiger partial charge in [-0.1, -0.05) is 44.2 Å². The van der Waals surface area contributed by atoms with Crippen molar-refractivity contribution in [2.75, 3.05) is 13.1 Å². The Morgan fingerprint density at radius 2 is 1.71 bits per heavy atom. The lowest BCUT2D eigenvalue weighted by atomic mass is 9.99. The minimum atomic E-state index is -4.19. The quantitative estimate of drug-likeness (QED) is 0.112. The average Bonchev–Trinajstić information content (AvgIpc) is 2.98. The number of fused-ring (bicyclic) bond motifs is 1. The number of benzene rings is 3. The van der Waals surface area contributed by atoms with Gasteiger partial charge >= 0.3 is 5.63 Å². The first kappa shape index (κ1) is 33.3. The van der Waals surface area contributed by atoms with Crippen molar-refractivity contribution in [3.05, 3.63) is 110 Å². The van der Waals surface area contributed by atoms with Gasteiger partial charge in [0.05, 0.1) is 33.9 Å². The number of phenolic OH excluding ortho intramolecular Hbond substituents is 1. The van der Waals surface area contributed by atoms with Crippen LogP contribution in [0.3, 0.4) is 0 Å². The molecule has 4 rings (SSSR count). The highest BCUT2D eigenvalue weighted by Gasteiger charge is 2.32. The van der Waals surface area contributed by atoms with Crippen molar-refractivity contribution in [2.45, 2.75) is 50.7 Å². The van der Waals surface area contributed by atoms with Crippen LogP contribution < -0.4 is 10.9 Å². The lowest BCUT2D eigenvalue weighted by Crippen LogP contribution is -2.51. The smallest absolute Gasteiger partial charge is 0.340 e. The largest absolute Gasteiger partial charge is 0.508 e. The van der Waals surface area contributed by atoms with Crippen molar-refractivity contribution in [1.29, 1.82) is 0 Å². The number of rotatable bonds is 13. The van der Waals surface area contributed by atoms with Crippen LogP contribution in [0.15, 0.2) is 86.9 Å². The Kier molecular flexibility index (Phi) is 10.4. The fourth-order valence-corrected chi connectivity index (χ4v) is 6.68. The SMILES string of the molecule is Cc1c(CC(=O)N[C@@H](Cc2ccccc2)[C@H](O)CN(CC(C)C)S(=O)(=O)c2ccc([N+](=O)[O-])cc2)c(=O)oc2cc(O)ccc12. The number of carbonyl (C=O) groups is 1. The molecule has 13 heteroatoms. The van der Waals surface area contributed by atoms with Gasteiger partial charge in [-0.05, 0) is 54.7 Å². The molecular weight excluding hydrogens is 602 g/mol. The second kappa shape index (κ2) is 14.0. The van der Waals surface area contributed by atoms with Gasteiger partial charge in [0.25, 0.3) is 5.69 Å². The van der Waals surface area contributed by atoms with Gasteiger partial charge in [0.1, 0.15) is 11.3 Å². The van der Waals surface area contributed by atoms with Crippen molar-refractivity contribution < 1.29 is 32.8 Å². The molecule has 0 saturated heterocycles. The standard InChI is InChI=1S/C32H35N3O9S/c1-20(2)18-34(45(42,43)25-12-9-23(10-13-25)35(40)41)19-29(37)28(15-22-7-5-4-6-8-22)33-31(38)17-27-21(3)26-14-11-24(36)16-30(26)44-32(27)39/h4-14,16,20,28-29,36-37H,15,17-19H2,1-3H3,(H,33,38)/t28-,29+/m0/s1. The summed E-state index contributed by atoms with van der Waals surface area (Å²) in [7, 11) is -4.19. The zero-order chi connectivity index (χ0) is 32.9. The molecule has 12 nitrogen and oxygen atoms in total. The van der Waals surface area contributed by atoms with Gasteiger partial charge in [-0.15, -0.1) is 0 Å². The van der Waals surface area contributed by atoms with Gasteiger partial charge in [-0.3, -0.25) is 14.9 Å². The third kappa shape index (κ3) is 8.12. The molecule has 45 heavy (non-hydrogen) atoms. The van der Waals surface area contributed by atoms with Gasteiger partial charge < -0.3 is 19.9 Å². The molecule has 1 heterocycles. The van der Waals surface area contributed by atoms with Gasteiger partial charge in [-0.2, -0.15) is 4.31 Å². The predicted molar refractivity (Wildman–Crippen MR) is 167 cm³/mol. The molecule has 3 aromatic carbocycles. The first-order valence-corrected chi connectivity index (χ1v) is 15.7. The molecule has 0 spiro atoms. The van der Waals surface area contributed by atoms with Gasteiger partial charge in [-0.25, -0.2) is 13.2 Å². The number of aliphatic hydroxyl groups excluding tert-OH is 1. The average molecular weight is 638 g/mol. The normalized spacial score (nSPS) is 13.2. The Balaban J connectivity index is 1.61. The molecule has 0 bridgehead atoms. The Morgan fingerprint density at radius 1 is 1.04 bits per heavy atom. The number of nitro benzene ring substituents is 1. The number of carbonyl (C=O) groups excluding carboxylic acids is 1. The monoisotopic (exact) mass is 637 g/mol. The highest BCUT2D eigenvalue weighted by molar-refractivity contribution is 7.89. The Labute approximate surface area is 260 Å². The Morgan fingerprint density at radius 3 is 2.33 bits per heavy atom. The summed E-state index contributed by atoms with van der Waals surface area (Å²) >= 11 is 0. The van der Waals surface area contributed by atoms with Gasteiger partial charge in [0, 0.05) is 36.7 Å². The second-order valence-electron chi connectivity index (χ2n) is 11.2. The van der Waals surface area contributed by atoms with E-state index in [1.807, 2.05) is 32.0 Å². The molecule has 238 valence electrons. The molecule has 0 radical (unpaired) electrons. The number of sulfonamides is 1. The van der Waals surface area contributed by atoms with Crippen LogP contribution in [0.2, 0.25) is 0 Å². The van der Waals surface area contributed by atoms with Crippen LogP contribution in [0.1, 0.15) is 30.5 Å². The molecule has 0 unspecified atom stereocenters. The Hall–Kier alpha value is -4.59. The van der Waals surface area contributed by atoms with Crippen molar-refractivity contribution in [2.24, 2.45) is 5.92 Å². The molecular formula is C32H35N3O9S. The van der Waals surface area contributed by atoms with Crippen LogP contribution in [0.5, 0.6) is 5.75 Å². The zero-order valence-corrected chi connectivity index (χ0v) is 25.9. The molecule has 2 atom stereocenters. The third-order valence-corrected chi connectivity index (χ3v) is 9.21. The first-order valence-electron chi connectivity index (χ1n) is 14.3. The number of non-ortho nitro benzene ring substituents is 1. The first-order chi connectivity index (χ1) is 21.3. The van der Waals surface area contributed by atoms with E-state index in [0.717, 1.165) is 34.1 Å². The van der Waals surface area contributed by atoms with Gasteiger partial charge in [0.15, 0.2) is 0 Å². The number of hydrogen-bond acceptors (Lipinski definition) is 9. The van der Waals surface area contributed by atoms with Crippen molar-refractivity contribution in [3.8, 4) is 5.75 Å². The van der Waals surface area contributed by atoms with E-state index in [1.165, 1.54) is 12.1 Å². The minimum Gasteiger partial charge on any atom is -0.508 e. The van der Waals surface area contributed by atoms with E-state index >= 15 is 0 Å². The van der Waals surface area contributed by atoms with E-state index in [4.69, 9.17) is 4.42 Å². The topological polar surface area (TPSA) is 180 Å². The lowest BCUT2D eigenvalue weighted by Gasteiger charge is -2.30. The number of aromatic hydroxyl groups is 1. The van der Waals surface area contributed by atoms with E-state index in [0.29, 0.717) is 10.9 Å². The number of phenols is 1. The summed E-state index contributed by atoms with van der Waals surface area (Å²) in [6.45, 7) is 4.95. The predicted octanol–water partition coefficient (Wildman–Crippen LogP) is 3.69. The fraction of sp³-hybridized carbons (Fsp3) is 0.312. The van der Waals surface area contributed by atoms with Crippen LogP contribution in [0.25, 0.3) is 11.0 Å². The maximum atomic E-state index is 13.6. The highest BCUT2D eigenvalue weighted by atomic mass is 32.2. The summed E-state index contributed by atoms with van der Waals surface area (Å²) in [6.07, 6.45) is -1.58. The summed E-state index contributed by atoms with van der Waals surface area (Å²) in [5.41, 5.74) is 0.576. The van der Waals surface area contributed by atoms with Crippen LogP contribution in [-0.4, -0.2) is 59.0 Å². The maximum Gasteiger partial charge on any atom is 0.340 e. The van der Waals surface area contributed by atoms with E-state index in [1.54, 1.807) is 25.1 Å². The number of amides is 1. The van der Waals surface area contributed by atoms with Crippen LogP contribution >= 0.6 is 0 Å². The number of nitrogens with zero attached hydrogens (tertiary/aromatic N) is 2. The van der Waals surface area contributed by atoms with E-state index in [2.05, 4.69) is 5.32 Å². The number of nitrogens with one attached hydrogen (secondary N) is 1. The number of nitro groups is 1. The van der Waals surface area contributed by atoms with E-state index in [9.17, 15) is 38.3 Å². The van der Waals surface area contributed by atoms with Crippen LogP contribution in [0.4, 0.5) is 5.69 Å². The van der Waals surface area contributed by atoms with Gasteiger partial charge in [0.2, 0.25) is 15.9 Å². The summed E-state index contributed by atoms with van der Waals surface area (Å²) in [5.74, 6) is -0.795. The van der Waals surface area contributed by atoms with E-state index < -0.39 is 38.6 Å². The zero-order valence-electron chi connectivity index (χ0n) is 25.0. The molecule has 0 aliphatic carbocycles. The molecule has 0 aliphatic heterocycles. The number of aliphatic hydroxyl groups is 1. The molecule has 1 aromatic heterocycles. The second-order valence-corrected chi connectivity index (χ2v) is 13.2. The molecule has 0 saturated carbocycles. The molecule has 4 aromatic rings. The summed E-state index contributed by atoms with van der Waals surface area (Å²) in [5, 5.41) is 35.6. The fourth-order valence-electron chi connectivity index (χ4n) is 5.06. The van der Waals surface area contributed by atoms with Crippen LogP contribution in [-0.2, 0) is 27.7 Å². The van der Waals surface area contributed by atoms with Crippen molar-refractivity contribution >= 4 is 32.6 Å². The number of hydrogen-bond donors (Lipinski definition) is 3. The molecule has 0 aliphatic rings. The number of aryl methyl sites for hydroxylation is 1. The maximum absolute atomic E-state index is 13.6. The van der Waals surface area contributed by atoms with E-state index in [-0.39, 0.29) is 59.3 Å². The highest BCUT2D eigenvalue weighted by Crippen LogP contribution is 2.24. The summed E-state index contributed by atoms with van der Waals surface area (Å²) in [6, 6.07) is 16.9. The summed E-state index contributed by atoms with van der Waals surface area (Å²) < 4.78 is 33.7. The molecule has 0 fully saturated rings. The molecule has 1 amide bonds. The third-order valence-electron chi connectivity index (χ3n) is 7.36. The summed E-state index contributed by atoms with van der Waals surface area (Å²) in [4.78, 5) is 36.4. The Bertz CT molecular complexity index is 1840. The lowest BCUT2D eigenvalue weighted by molar-refractivity contribution is -0.384. The van der Waals surface area contributed by atoms with Crippen molar-refractivity contribution in [3.63, 3.8) is 0 Å². The van der Waals surface area contributed by atoms with Crippen LogP contribution in [0, 0.1) is 23.0 Å². The molecule has 3 N–H and O–H groups in total. The van der Waals surface area contributed by atoms with Crippen molar-refractivity contribution in [1.82, 2.24) is 9.62 Å².